The van der Waals surface area contributed by atoms with E-state index >= 15 is 0 Å². The van der Waals surface area contributed by atoms with Crippen molar-refractivity contribution in [2.24, 2.45) is 0 Å². The molecule has 2 rings (SSSR count). The molecule has 0 saturated heterocycles. The molecular formula is C10H5I2NO2. The average molecular weight is 425 g/mol. The number of anilines is 1. The van der Waals surface area contributed by atoms with Crippen molar-refractivity contribution < 1.29 is 9.59 Å². The summed E-state index contributed by atoms with van der Waals surface area (Å²) in [5.41, 5.74) is 6.81. The molecule has 5 heteroatoms. The smallest absolute Gasteiger partial charge is 0.203 e. The second-order valence-corrected chi connectivity index (χ2v) is 5.21. The molecule has 0 atom stereocenters. The van der Waals surface area contributed by atoms with E-state index in [9.17, 15) is 9.59 Å². The number of carbonyl (C=O) groups is 2. The van der Waals surface area contributed by atoms with Gasteiger partial charge in [0.25, 0.3) is 0 Å². The van der Waals surface area contributed by atoms with Gasteiger partial charge in [-0.1, -0.05) is 12.1 Å². The molecule has 0 aromatic heterocycles. The fourth-order valence-electron chi connectivity index (χ4n) is 1.44. The molecule has 0 radical (unpaired) electrons. The third kappa shape index (κ3) is 1.61. The number of halogens is 2. The van der Waals surface area contributed by atoms with Crippen molar-refractivity contribution in [2.45, 2.75) is 0 Å². The number of fused-ring (bicyclic) bond motifs is 1. The predicted octanol–water partition coefficient (Wildman–Crippen LogP) is 2.73. The first-order valence-corrected chi connectivity index (χ1v) is 6.23. The molecule has 1 aliphatic carbocycles. The van der Waals surface area contributed by atoms with Crippen LogP contribution in [0.2, 0.25) is 0 Å². The monoisotopic (exact) mass is 425 g/mol. The molecule has 3 nitrogen and oxygen atoms in total. The van der Waals surface area contributed by atoms with Gasteiger partial charge >= 0.3 is 0 Å². The van der Waals surface area contributed by atoms with Crippen molar-refractivity contribution in [1.29, 1.82) is 0 Å². The Balaban J connectivity index is 2.79. The van der Waals surface area contributed by atoms with Gasteiger partial charge in [-0.2, -0.15) is 0 Å². The zero-order chi connectivity index (χ0) is 11.2. The Kier molecular flexibility index (Phi) is 2.84. The van der Waals surface area contributed by atoms with Gasteiger partial charge in [0.05, 0.1) is 12.7 Å². The van der Waals surface area contributed by atoms with Gasteiger partial charge in [0.1, 0.15) is 0 Å². The summed E-state index contributed by atoms with van der Waals surface area (Å²) in [5, 5.41) is 0. The number of nitrogens with two attached hydrogens (primary N) is 1. The second-order valence-electron chi connectivity index (χ2n) is 3.06. The van der Waals surface area contributed by atoms with Crippen LogP contribution >= 0.6 is 45.2 Å². The number of Topliss-reactive ketones (excluding diaryl/α,β-unsaturated/α-hetero) is 2. The Morgan fingerprint density at radius 2 is 1.60 bits per heavy atom. The van der Waals surface area contributed by atoms with Crippen LogP contribution in [0.4, 0.5) is 5.69 Å². The highest BCUT2D eigenvalue weighted by atomic mass is 127. The molecule has 15 heavy (non-hydrogen) atoms. The van der Waals surface area contributed by atoms with E-state index in [2.05, 4.69) is 0 Å². The topological polar surface area (TPSA) is 60.2 Å². The molecular weight excluding hydrogens is 420 g/mol. The van der Waals surface area contributed by atoms with Gasteiger partial charge in [-0.3, -0.25) is 9.59 Å². The van der Waals surface area contributed by atoms with Crippen molar-refractivity contribution in [3.63, 3.8) is 0 Å². The summed E-state index contributed by atoms with van der Waals surface area (Å²) in [6.07, 6.45) is 0. The van der Waals surface area contributed by atoms with Crippen LogP contribution in [-0.4, -0.2) is 11.6 Å². The summed E-state index contributed by atoms with van der Waals surface area (Å²) in [6, 6.07) is 4.95. The Hall–Kier alpha value is -0.440. The fraction of sp³-hybridized carbons (Fsp3) is 0. The largest absolute Gasteiger partial charge is 0.398 e. The number of hydrogen-bond donors (Lipinski definition) is 1. The molecule has 1 aromatic carbocycles. The lowest BCUT2D eigenvalue weighted by molar-refractivity contribution is 0.0992. The third-order valence-electron chi connectivity index (χ3n) is 2.16. The number of nitrogen functional groups attached to an aromatic ring is 1. The molecule has 2 N–H and O–H groups in total. The van der Waals surface area contributed by atoms with Gasteiger partial charge in [-0.25, -0.2) is 0 Å². The lowest BCUT2D eigenvalue weighted by atomic mass is 9.93. The Bertz CT molecular complexity index is 520. The second kappa shape index (κ2) is 3.85. The van der Waals surface area contributed by atoms with Crippen LogP contribution < -0.4 is 5.73 Å². The maximum absolute atomic E-state index is 11.9. The van der Waals surface area contributed by atoms with Crippen LogP contribution in [0.3, 0.4) is 0 Å². The minimum Gasteiger partial charge on any atom is -0.398 e. The van der Waals surface area contributed by atoms with Crippen LogP contribution in [0.5, 0.6) is 0 Å². The van der Waals surface area contributed by atoms with Crippen LogP contribution in [0, 0.1) is 0 Å². The van der Waals surface area contributed by atoms with Crippen molar-refractivity contribution in [2.75, 3.05) is 5.73 Å². The summed E-state index contributed by atoms with van der Waals surface area (Å²) in [4.78, 5) is 23.7. The molecule has 0 fully saturated rings. The van der Waals surface area contributed by atoms with E-state index in [1.807, 2.05) is 45.2 Å². The number of allylic oxidation sites excluding steroid dienone is 2. The van der Waals surface area contributed by atoms with E-state index in [-0.39, 0.29) is 11.6 Å². The molecule has 0 unspecified atom stereocenters. The molecule has 0 aliphatic heterocycles. The zero-order valence-corrected chi connectivity index (χ0v) is 11.7. The van der Waals surface area contributed by atoms with E-state index in [0.29, 0.717) is 24.0 Å². The van der Waals surface area contributed by atoms with E-state index in [1.165, 1.54) is 0 Å². The van der Waals surface area contributed by atoms with Crippen LogP contribution in [0.25, 0.3) is 0 Å². The Morgan fingerprint density at radius 1 is 1.00 bits per heavy atom. The van der Waals surface area contributed by atoms with Gasteiger partial charge in [-0.05, 0) is 51.2 Å². The highest BCUT2D eigenvalue weighted by Crippen LogP contribution is 2.35. The normalized spacial score (nSPS) is 15.6. The first-order valence-electron chi connectivity index (χ1n) is 4.07. The first-order chi connectivity index (χ1) is 7.04. The Morgan fingerprint density at radius 3 is 2.27 bits per heavy atom. The lowest BCUT2D eigenvalue weighted by Crippen LogP contribution is -2.18. The Labute approximate surface area is 113 Å². The number of carbonyl (C=O) groups excluding carboxylic acids is 2. The third-order valence-corrected chi connectivity index (χ3v) is 5.25. The first kappa shape index (κ1) is 11.1. The summed E-state index contributed by atoms with van der Waals surface area (Å²) in [5.74, 6) is -0.283. The van der Waals surface area contributed by atoms with Crippen LogP contribution in [0.15, 0.2) is 25.4 Å². The van der Waals surface area contributed by atoms with E-state index in [4.69, 9.17) is 5.73 Å². The van der Waals surface area contributed by atoms with Crippen molar-refractivity contribution >= 4 is 62.4 Å². The molecule has 1 aromatic rings. The van der Waals surface area contributed by atoms with Crippen molar-refractivity contribution in [3.05, 3.63) is 36.5 Å². The molecule has 0 amide bonds. The van der Waals surface area contributed by atoms with Crippen LogP contribution in [0.1, 0.15) is 20.7 Å². The number of benzene rings is 1. The highest BCUT2D eigenvalue weighted by molar-refractivity contribution is 14.1. The van der Waals surface area contributed by atoms with Gasteiger partial charge in [-0.15, -0.1) is 0 Å². The van der Waals surface area contributed by atoms with E-state index in [1.54, 1.807) is 18.2 Å². The minimum atomic E-state index is -0.160. The van der Waals surface area contributed by atoms with Gasteiger partial charge < -0.3 is 5.73 Å². The molecule has 0 spiro atoms. The number of rotatable bonds is 0. The zero-order valence-electron chi connectivity index (χ0n) is 7.38. The number of hydrogen-bond acceptors (Lipinski definition) is 3. The summed E-state index contributed by atoms with van der Waals surface area (Å²) >= 11 is 3.78. The van der Waals surface area contributed by atoms with Crippen molar-refractivity contribution in [3.8, 4) is 0 Å². The molecule has 0 bridgehead atoms. The van der Waals surface area contributed by atoms with Crippen molar-refractivity contribution in [1.82, 2.24) is 0 Å². The predicted molar refractivity (Wildman–Crippen MR) is 74.6 cm³/mol. The summed E-state index contributed by atoms with van der Waals surface area (Å²) in [6.45, 7) is 0. The quantitative estimate of drug-likeness (QED) is 0.514. The molecule has 1 aliphatic rings. The lowest BCUT2D eigenvalue weighted by Gasteiger charge is -2.15. The molecule has 0 saturated carbocycles. The molecule has 76 valence electrons. The standard InChI is InChI=1S/C10H5I2NO2/c11-7-8(12)10(15)6-4(9(7)14)2-1-3-5(6)13/h1-3H,13H2. The van der Waals surface area contributed by atoms with Crippen LogP contribution in [-0.2, 0) is 0 Å². The maximum atomic E-state index is 11.9. The average Bonchev–Trinajstić information content (AvgIpc) is 2.23. The minimum absolute atomic E-state index is 0.123. The maximum Gasteiger partial charge on any atom is 0.203 e. The van der Waals surface area contributed by atoms with E-state index in [0.717, 1.165) is 0 Å². The van der Waals surface area contributed by atoms with Gasteiger partial charge in [0.15, 0.2) is 0 Å². The molecule has 0 heterocycles. The van der Waals surface area contributed by atoms with E-state index < -0.39 is 0 Å². The fourth-order valence-corrected chi connectivity index (χ4v) is 2.49. The SMILES string of the molecule is Nc1cccc2c1C(=O)C(I)=C(I)C2=O. The number of ketones is 2. The summed E-state index contributed by atoms with van der Waals surface area (Å²) in [7, 11) is 0. The van der Waals surface area contributed by atoms with Gasteiger partial charge in [0, 0.05) is 11.3 Å². The van der Waals surface area contributed by atoms with Gasteiger partial charge in [0.2, 0.25) is 11.6 Å². The highest BCUT2D eigenvalue weighted by Gasteiger charge is 2.30. The summed E-state index contributed by atoms with van der Waals surface area (Å²) < 4.78 is 0.917.